The molecular formula is C12H20N4S. The fourth-order valence-corrected chi connectivity index (χ4v) is 2.26. The second kappa shape index (κ2) is 5.12. The second-order valence-electron chi connectivity index (χ2n) is 4.92. The van der Waals surface area contributed by atoms with Crippen LogP contribution >= 0.6 is 11.8 Å². The molecular weight excluding hydrogens is 232 g/mol. The molecule has 0 aromatic carbocycles. The summed E-state index contributed by atoms with van der Waals surface area (Å²) in [6, 6.07) is 2.54. The average molecular weight is 252 g/mol. The Morgan fingerprint density at radius 1 is 1.47 bits per heavy atom. The van der Waals surface area contributed by atoms with Crippen LogP contribution < -0.4 is 10.6 Å². The lowest BCUT2D eigenvalue weighted by Gasteiger charge is -2.25. The third-order valence-corrected chi connectivity index (χ3v) is 3.29. The molecule has 0 radical (unpaired) electrons. The van der Waals surface area contributed by atoms with Crippen molar-refractivity contribution in [2.45, 2.75) is 37.9 Å². The zero-order valence-electron chi connectivity index (χ0n) is 10.7. The maximum absolute atomic E-state index is 5.83. The Kier molecular flexibility index (Phi) is 3.76. The van der Waals surface area contributed by atoms with E-state index >= 15 is 0 Å². The molecule has 0 saturated heterocycles. The lowest BCUT2D eigenvalue weighted by Crippen LogP contribution is -2.30. The molecule has 2 N–H and O–H groups in total. The Morgan fingerprint density at radius 2 is 2.18 bits per heavy atom. The second-order valence-corrected chi connectivity index (χ2v) is 5.69. The molecule has 94 valence electrons. The molecule has 17 heavy (non-hydrogen) atoms. The van der Waals surface area contributed by atoms with E-state index in [-0.39, 0.29) is 0 Å². The van der Waals surface area contributed by atoms with Crippen LogP contribution in [0.3, 0.4) is 0 Å². The highest BCUT2D eigenvalue weighted by molar-refractivity contribution is 7.98. The molecule has 0 unspecified atom stereocenters. The van der Waals surface area contributed by atoms with Gasteiger partial charge in [-0.2, -0.15) is 0 Å². The third-order valence-electron chi connectivity index (χ3n) is 2.74. The molecule has 1 fully saturated rings. The molecule has 0 spiro atoms. The summed E-state index contributed by atoms with van der Waals surface area (Å²) >= 11 is 1.54. The lowest BCUT2D eigenvalue weighted by molar-refractivity contribution is 0.600. The first kappa shape index (κ1) is 12.5. The first-order valence-corrected chi connectivity index (χ1v) is 7.28. The summed E-state index contributed by atoms with van der Waals surface area (Å²) in [6.45, 7) is 5.50. The van der Waals surface area contributed by atoms with Gasteiger partial charge in [0.25, 0.3) is 0 Å². The molecule has 1 saturated carbocycles. The normalized spacial score (nSPS) is 15.3. The maximum atomic E-state index is 5.83. The van der Waals surface area contributed by atoms with Crippen molar-refractivity contribution < 1.29 is 0 Å². The Bertz CT molecular complexity index is 390. The predicted molar refractivity (Wildman–Crippen MR) is 73.4 cm³/mol. The first-order valence-electron chi connectivity index (χ1n) is 6.05. The van der Waals surface area contributed by atoms with Gasteiger partial charge in [-0.3, -0.25) is 0 Å². The summed E-state index contributed by atoms with van der Waals surface area (Å²) in [6.07, 6.45) is 4.51. The molecule has 0 bridgehead atoms. The standard InChI is InChI=1S/C12H20N4S/c1-8(2)7-16(9-4-5-9)11-6-10(13)14-12(15-11)17-3/h6,8-9H,4-5,7H2,1-3H3,(H2,13,14,15). The first-order chi connectivity index (χ1) is 8.10. The van der Waals surface area contributed by atoms with Gasteiger partial charge in [-0.1, -0.05) is 25.6 Å². The van der Waals surface area contributed by atoms with Crippen molar-refractivity contribution in [3.05, 3.63) is 6.07 Å². The van der Waals surface area contributed by atoms with Crippen molar-refractivity contribution in [2.24, 2.45) is 5.92 Å². The van der Waals surface area contributed by atoms with Crippen molar-refractivity contribution >= 4 is 23.4 Å². The van der Waals surface area contributed by atoms with Gasteiger partial charge in [-0.15, -0.1) is 0 Å². The minimum Gasteiger partial charge on any atom is -0.383 e. The topological polar surface area (TPSA) is 55.0 Å². The highest BCUT2D eigenvalue weighted by Gasteiger charge is 2.30. The Balaban J connectivity index is 2.25. The predicted octanol–water partition coefficient (Wildman–Crippen LogP) is 2.41. The van der Waals surface area contributed by atoms with E-state index in [4.69, 9.17) is 5.73 Å². The molecule has 1 heterocycles. The molecule has 0 amide bonds. The van der Waals surface area contributed by atoms with Crippen LogP contribution in [-0.2, 0) is 0 Å². The van der Waals surface area contributed by atoms with Crippen molar-refractivity contribution in [1.82, 2.24) is 9.97 Å². The van der Waals surface area contributed by atoms with Crippen molar-refractivity contribution in [1.29, 1.82) is 0 Å². The Labute approximate surface area is 107 Å². The molecule has 4 nitrogen and oxygen atoms in total. The number of thioether (sulfide) groups is 1. The lowest BCUT2D eigenvalue weighted by atomic mass is 10.2. The minimum absolute atomic E-state index is 0.564. The summed E-state index contributed by atoms with van der Waals surface area (Å²) in [5.74, 6) is 2.18. The van der Waals surface area contributed by atoms with E-state index in [9.17, 15) is 0 Å². The summed E-state index contributed by atoms with van der Waals surface area (Å²) in [5, 5.41) is 0.759. The van der Waals surface area contributed by atoms with Crippen molar-refractivity contribution in [3.8, 4) is 0 Å². The zero-order chi connectivity index (χ0) is 12.4. The van der Waals surface area contributed by atoms with Gasteiger partial charge in [0.1, 0.15) is 11.6 Å². The van der Waals surface area contributed by atoms with E-state index in [1.165, 1.54) is 24.6 Å². The molecule has 2 rings (SSSR count). The van der Waals surface area contributed by atoms with Crippen LogP contribution in [0.25, 0.3) is 0 Å². The van der Waals surface area contributed by atoms with Gasteiger partial charge in [0.2, 0.25) is 0 Å². The maximum Gasteiger partial charge on any atom is 0.191 e. The van der Waals surface area contributed by atoms with Crippen LogP contribution in [0.1, 0.15) is 26.7 Å². The van der Waals surface area contributed by atoms with Gasteiger partial charge in [0.15, 0.2) is 5.16 Å². The summed E-state index contributed by atoms with van der Waals surface area (Å²) in [5.41, 5.74) is 5.83. The zero-order valence-corrected chi connectivity index (χ0v) is 11.5. The van der Waals surface area contributed by atoms with E-state index in [2.05, 4.69) is 28.7 Å². The molecule has 1 aromatic heterocycles. The number of hydrogen-bond acceptors (Lipinski definition) is 5. The van der Waals surface area contributed by atoms with Crippen LogP contribution in [0.15, 0.2) is 11.2 Å². The Hall–Kier alpha value is -0.970. The van der Waals surface area contributed by atoms with Crippen molar-refractivity contribution in [3.63, 3.8) is 0 Å². The van der Waals surface area contributed by atoms with E-state index in [0.717, 1.165) is 17.5 Å². The van der Waals surface area contributed by atoms with Crippen LogP contribution in [0.4, 0.5) is 11.6 Å². The number of nitrogens with zero attached hydrogens (tertiary/aromatic N) is 3. The number of nitrogens with two attached hydrogens (primary N) is 1. The summed E-state index contributed by atoms with van der Waals surface area (Å²) in [7, 11) is 0. The molecule has 1 aromatic rings. The van der Waals surface area contributed by atoms with Crippen LogP contribution in [0, 0.1) is 5.92 Å². The van der Waals surface area contributed by atoms with Crippen LogP contribution in [0.5, 0.6) is 0 Å². The number of rotatable bonds is 5. The van der Waals surface area contributed by atoms with Crippen LogP contribution in [0.2, 0.25) is 0 Å². The van der Waals surface area contributed by atoms with Gasteiger partial charge < -0.3 is 10.6 Å². The number of aromatic nitrogens is 2. The highest BCUT2D eigenvalue weighted by atomic mass is 32.2. The van der Waals surface area contributed by atoms with Gasteiger partial charge in [-0.25, -0.2) is 9.97 Å². The van der Waals surface area contributed by atoms with Crippen molar-refractivity contribution in [2.75, 3.05) is 23.4 Å². The fraction of sp³-hybridized carbons (Fsp3) is 0.667. The quantitative estimate of drug-likeness (QED) is 0.644. The minimum atomic E-state index is 0.564. The molecule has 5 heteroatoms. The smallest absolute Gasteiger partial charge is 0.191 e. The SMILES string of the molecule is CSc1nc(N)cc(N(CC(C)C)C2CC2)n1. The molecule has 1 aliphatic rings. The number of nitrogen functional groups attached to an aromatic ring is 1. The van der Waals surface area contributed by atoms with Gasteiger partial charge >= 0.3 is 0 Å². The largest absolute Gasteiger partial charge is 0.383 e. The third kappa shape index (κ3) is 3.25. The molecule has 0 aliphatic heterocycles. The van der Waals surface area contributed by atoms with Gasteiger partial charge in [0.05, 0.1) is 0 Å². The average Bonchev–Trinajstić information content (AvgIpc) is 3.08. The number of anilines is 2. The molecule has 0 atom stereocenters. The van der Waals surface area contributed by atoms with E-state index in [1.54, 1.807) is 0 Å². The summed E-state index contributed by atoms with van der Waals surface area (Å²) in [4.78, 5) is 11.1. The summed E-state index contributed by atoms with van der Waals surface area (Å²) < 4.78 is 0. The fourth-order valence-electron chi connectivity index (χ4n) is 1.88. The number of hydrogen-bond donors (Lipinski definition) is 1. The van der Waals surface area contributed by atoms with Gasteiger partial charge in [-0.05, 0) is 25.0 Å². The van der Waals surface area contributed by atoms with E-state index < -0.39 is 0 Å². The van der Waals surface area contributed by atoms with Gasteiger partial charge in [0, 0.05) is 18.7 Å². The Morgan fingerprint density at radius 3 is 2.71 bits per heavy atom. The highest BCUT2D eigenvalue weighted by Crippen LogP contribution is 2.32. The monoisotopic (exact) mass is 252 g/mol. The van der Waals surface area contributed by atoms with E-state index in [0.29, 0.717) is 17.8 Å². The van der Waals surface area contributed by atoms with Crippen LogP contribution in [-0.4, -0.2) is 28.8 Å². The molecule has 1 aliphatic carbocycles. The van der Waals surface area contributed by atoms with E-state index in [1.807, 2.05) is 12.3 Å².